The van der Waals surface area contributed by atoms with Crippen molar-refractivity contribution in [3.63, 3.8) is 0 Å². The number of esters is 2. The number of hydrogen-bond donors (Lipinski definition) is 1. The second kappa shape index (κ2) is 9.18. The topological polar surface area (TPSA) is 112 Å². The van der Waals surface area contributed by atoms with Gasteiger partial charge in [0.1, 0.15) is 23.2 Å². The number of aryl methyl sites for hydroxylation is 1. The Morgan fingerprint density at radius 2 is 1.84 bits per heavy atom. The smallest absolute Gasteiger partial charge is 0.343 e. The van der Waals surface area contributed by atoms with E-state index in [0.29, 0.717) is 11.1 Å². The lowest BCUT2D eigenvalue weighted by Gasteiger charge is -2.27. The molecule has 158 valence electrons. The first-order chi connectivity index (χ1) is 14.8. The summed E-state index contributed by atoms with van der Waals surface area (Å²) >= 11 is 0. The summed E-state index contributed by atoms with van der Waals surface area (Å²) in [6.45, 7) is 5.36. The molecule has 2 N–H and O–H groups in total. The van der Waals surface area contributed by atoms with E-state index in [1.54, 1.807) is 50.2 Å². The first-order valence-corrected chi connectivity index (χ1v) is 9.70. The van der Waals surface area contributed by atoms with Crippen LogP contribution in [0.1, 0.15) is 41.3 Å². The van der Waals surface area contributed by atoms with E-state index in [-0.39, 0.29) is 35.1 Å². The highest BCUT2D eigenvalue weighted by Crippen LogP contribution is 2.40. The Labute approximate surface area is 180 Å². The molecule has 2 aromatic carbocycles. The van der Waals surface area contributed by atoms with Crippen molar-refractivity contribution in [1.82, 2.24) is 0 Å². The highest BCUT2D eigenvalue weighted by molar-refractivity contribution is 5.93. The molecule has 7 heteroatoms. The number of rotatable bonds is 5. The molecule has 0 aromatic heterocycles. The van der Waals surface area contributed by atoms with Crippen LogP contribution in [0, 0.1) is 18.3 Å². The molecule has 31 heavy (non-hydrogen) atoms. The molecule has 2 aromatic rings. The van der Waals surface area contributed by atoms with Gasteiger partial charge in [-0.05, 0) is 50.6 Å². The number of ether oxygens (including phenoxy) is 3. The molecule has 1 atom stereocenters. The Morgan fingerprint density at radius 3 is 2.48 bits per heavy atom. The minimum absolute atomic E-state index is 0.0793. The van der Waals surface area contributed by atoms with E-state index < -0.39 is 17.9 Å². The second-order valence-electron chi connectivity index (χ2n) is 6.94. The summed E-state index contributed by atoms with van der Waals surface area (Å²) in [4.78, 5) is 25.1. The molecule has 0 saturated heterocycles. The van der Waals surface area contributed by atoms with Gasteiger partial charge in [-0.1, -0.05) is 29.8 Å². The van der Waals surface area contributed by atoms with E-state index in [0.717, 1.165) is 5.56 Å². The van der Waals surface area contributed by atoms with Crippen LogP contribution in [0.15, 0.2) is 71.3 Å². The number of nitrogens with two attached hydrogens (primary N) is 1. The number of nitrogens with zero attached hydrogens (tertiary/aromatic N) is 1. The molecule has 7 nitrogen and oxygen atoms in total. The van der Waals surface area contributed by atoms with Crippen molar-refractivity contribution in [2.75, 3.05) is 6.61 Å². The van der Waals surface area contributed by atoms with E-state index in [9.17, 15) is 14.9 Å². The van der Waals surface area contributed by atoms with Crippen LogP contribution in [0.2, 0.25) is 0 Å². The monoisotopic (exact) mass is 418 g/mol. The van der Waals surface area contributed by atoms with E-state index in [2.05, 4.69) is 0 Å². The van der Waals surface area contributed by atoms with Gasteiger partial charge in [-0.25, -0.2) is 9.59 Å². The van der Waals surface area contributed by atoms with Crippen LogP contribution >= 0.6 is 0 Å². The number of hydrogen-bond acceptors (Lipinski definition) is 7. The second-order valence-corrected chi connectivity index (χ2v) is 6.94. The van der Waals surface area contributed by atoms with Crippen LogP contribution in [0.3, 0.4) is 0 Å². The van der Waals surface area contributed by atoms with Crippen molar-refractivity contribution in [2.24, 2.45) is 5.73 Å². The van der Waals surface area contributed by atoms with Gasteiger partial charge in [-0.2, -0.15) is 5.26 Å². The van der Waals surface area contributed by atoms with E-state index in [1.165, 1.54) is 0 Å². The maximum Gasteiger partial charge on any atom is 0.343 e. The van der Waals surface area contributed by atoms with Crippen LogP contribution in [0.25, 0.3) is 0 Å². The van der Waals surface area contributed by atoms with Gasteiger partial charge in [0.25, 0.3) is 0 Å². The van der Waals surface area contributed by atoms with Gasteiger partial charge >= 0.3 is 11.9 Å². The molecule has 3 rings (SSSR count). The van der Waals surface area contributed by atoms with Gasteiger partial charge in [0.15, 0.2) is 0 Å². The number of carbonyl (C=O) groups excluding carboxylic acids is 2. The predicted octanol–water partition coefficient (Wildman–Crippen LogP) is 3.86. The minimum atomic E-state index is -0.809. The summed E-state index contributed by atoms with van der Waals surface area (Å²) in [6, 6.07) is 15.6. The van der Waals surface area contributed by atoms with Crippen molar-refractivity contribution in [3.05, 3.63) is 88.0 Å². The number of nitriles is 1. The Bertz CT molecular complexity index is 1120. The first kappa shape index (κ1) is 21.7. The third-order valence-electron chi connectivity index (χ3n) is 4.79. The lowest BCUT2D eigenvalue weighted by Crippen LogP contribution is -2.25. The summed E-state index contributed by atoms with van der Waals surface area (Å²) in [7, 11) is 0. The van der Waals surface area contributed by atoms with Crippen molar-refractivity contribution in [2.45, 2.75) is 26.7 Å². The zero-order valence-corrected chi connectivity index (χ0v) is 17.5. The van der Waals surface area contributed by atoms with Gasteiger partial charge in [-0.3, -0.25) is 0 Å². The number of benzene rings is 2. The molecule has 0 amide bonds. The number of allylic oxidation sites excluding steroid dienone is 2. The molecule has 0 spiro atoms. The molecule has 0 bridgehead atoms. The fourth-order valence-electron chi connectivity index (χ4n) is 3.30. The Hall–Kier alpha value is -4.05. The zero-order valence-electron chi connectivity index (χ0n) is 17.5. The molecule has 0 radical (unpaired) electrons. The third-order valence-corrected chi connectivity index (χ3v) is 4.79. The average Bonchev–Trinajstić information content (AvgIpc) is 2.74. The van der Waals surface area contributed by atoms with Crippen LogP contribution in [0.4, 0.5) is 0 Å². The van der Waals surface area contributed by atoms with Gasteiger partial charge in [0.05, 0.1) is 23.7 Å². The van der Waals surface area contributed by atoms with Crippen molar-refractivity contribution >= 4 is 11.9 Å². The molecule has 1 unspecified atom stereocenters. The normalized spacial score (nSPS) is 15.7. The lowest BCUT2D eigenvalue weighted by molar-refractivity contribution is -0.139. The van der Waals surface area contributed by atoms with Crippen LogP contribution < -0.4 is 10.5 Å². The van der Waals surface area contributed by atoms with E-state index in [4.69, 9.17) is 19.9 Å². The summed E-state index contributed by atoms with van der Waals surface area (Å²) in [5.74, 6) is -1.49. The number of carbonyl (C=O) groups is 2. The van der Waals surface area contributed by atoms with E-state index >= 15 is 0 Å². The minimum Gasteiger partial charge on any atom is -0.463 e. The first-order valence-electron chi connectivity index (χ1n) is 9.70. The molecular formula is C24H22N2O5. The molecule has 1 aliphatic heterocycles. The van der Waals surface area contributed by atoms with Crippen molar-refractivity contribution in [1.29, 1.82) is 5.26 Å². The molecule has 0 aliphatic carbocycles. The van der Waals surface area contributed by atoms with Gasteiger partial charge in [0, 0.05) is 0 Å². The van der Waals surface area contributed by atoms with Crippen molar-refractivity contribution in [3.8, 4) is 11.8 Å². The quantitative estimate of drug-likeness (QED) is 0.580. The van der Waals surface area contributed by atoms with Gasteiger partial charge in [0.2, 0.25) is 5.88 Å². The Morgan fingerprint density at radius 1 is 1.13 bits per heavy atom. The van der Waals surface area contributed by atoms with E-state index in [1.807, 2.05) is 25.1 Å². The summed E-state index contributed by atoms with van der Waals surface area (Å²) in [6.07, 6.45) is 0. The highest BCUT2D eigenvalue weighted by atomic mass is 16.5. The fourth-order valence-corrected chi connectivity index (χ4v) is 3.30. The van der Waals surface area contributed by atoms with Crippen molar-refractivity contribution < 1.29 is 23.8 Å². The molecule has 0 fully saturated rings. The fraction of sp³-hybridized carbons (Fsp3) is 0.208. The van der Waals surface area contributed by atoms with Gasteiger partial charge < -0.3 is 19.9 Å². The molecule has 1 aliphatic rings. The van der Waals surface area contributed by atoms with Crippen LogP contribution in [-0.4, -0.2) is 18.5 Å². The maximum absolute atomic E-state index is 12.6. The Kier molecular flexibility index (Phi) is 6.41. The van der Waals surface area contributed by atoms with Gasteiger partial charge in [-0.15, -0.1) is 0 Å². The summed E-state index contributed by atoms with van der Waals surface area (Å²) in [5, 5.41) is 9.67. The maximum atomic E-state index is 12.6. The molecule has 0 saturated carbocycles. The molecule has 1 heterocycles. The summed E-state index contributed by atoms with van der Waals surface area (Å²) in [5.41, 5.74) is 8.15. The summed E-state index contributed by atoms with van der Waals surface area (Å²) < 4.78 is 16.1. The van der Waals surface area contributed by atoms with Crippen LogP contribution in [0.5, 0.6) is 5.75 Å². The lowest BCUT2D eigenvalue weighted by atomic mass is 9.83. The zero-order chi connectivity index (χ0) is 22.5. The molecular weight excluding hydrogens is 396 g/mol. The third kappa shape index (κ3) is 4.59. The average molecular weight is 418 g/mol. The highest BCUT2D eigenvalue weighted by Gasteiger charge is 2.36. The predicted molar refractivity (Wildman–Crippen MR) is 113 cm³/mol. The largest absolute Gasteiger partial charge is 0.463 e. The van der Waals surface area contributed by atoms with Crippen LogP contribution in [-0.2, 0) is 14.3 Å². The standard InChI is InChI=1S/C24H22N2O5/c1-4-29-24(28)20-15(3)30-22(26)19(13-25)21(20)17-6-5-7-18(12-17)31-23(27)16-10-8-14(2)9-11-16/h5-12,21H,4,26H2,1-3H3. The SMILES string of the molecule is CCOC(=O)C1=C(C)OC(N)=C(C#N)C1c1cccc(OC(=O)c2ccc(C)cc2)c1. The Balaban J connectivity index is 1.98.